The van der Waals surface area contributed by atoms with Crippen LogP contribution in [0.4, 0.5) is 0 Å². The summed E-state index contributed by atoms with van der Waals surface area (Å²) in [6.07, 6.45) is -1.13. The van der Waals surface area contributed by atoms with Gasteiger partial charge in [-0.25, -0.2) is 18.5 Å². The van der Waals surface area contributed by atoms with Gasteiger partial charge in [-0.05, 0) is 6.26 Å². The zero-order chi connectivity index (χ0) is 25.0. The molecule has 0 radical (unpaired) electrons. The van der Waals surface area contributed by atoms with E-state index in [4.69, 9.17) is 19.4 Å². The lowest BCUT2D eigenvalue weighted by atomic mass is 10.2. The minimum absolute atomic E-state index is 0.0431. The molecule has 1 fully saturated rings. The van der Waals surface area contributed by atoms with Gasteiger partial charge in [0.15, 0.2) is 0 Å². The van der Waals surface area contributed by atoms with Crippen LogP contribution in [0.1, 0.15) is 18.2 Å². The van der Waals surface area contributed by atoms with E-state index in [1.807, 2.05) is 0 Å². The number of ether oxygens (including phenoxy) is 1. The predicted octanol–water partition coefficient (Wildman–Crippen LogP) is -0.757. The van der Waals surface area contributed by atoms with Gasteiger partial charge in [-0.3, -0.25) is 18.9 Å². The molecule has 0 amide bonds. The third-order valence-corrected chi connectivity index (χ3v) is 7.98. The van der Waals surface area contributed by atoms with Crippen LogP contribution >= 0.6 is 35.2 Å². The quantitative estimate of drug-likeness (QED) is 0.163. The van der Waals surface area contributed by atoms with E-state index in [-0.39, 0.29) is 12.0 Å². The Labute approximate surface area is 189 Å². The van der Waals surface area contributed by atoms with E-state index in [2.05, 4.69) is 30.0 Å². The number of aliphatic hydroxyl groups is 1. The Bertz CT molecular complexity index is 1180. The Morgan fingerprint density at radius 3 is 2.48 bits per heavy atom. The van der Waals surface area contributed by atoms with Crippen LogP contribution < -0.4 is 11.2 Å². The van der Waals surface area contributed by atoms with Gasteiger partial charge in [0.2, 0.25) is 0 Å². The van der Waals surface area contributed by atoms with Crippen molar-refractivity contribution >= 4 is 35.2 Å². The van der Waals surface area contributed by atoms with Gasteiger partial charge in [0.05, 0.1) is 18.5 Å². The number of aliphatic hydroxyl groups excluding tert-OH is 1. The molecular formula is C13H19N2O14P3S. The Kier molecular flexibility index (Phi) is 9.48. The summed E-state index contributed by atoms with van der Waals surface area (Å²) in [4.78, 5) is 61.7. The minimum atomic E-state index is -5.70. The highest BCUT2D eigenvalue weighted by Gasteiger charge is 2.43. The molecule has 0 bridgehead atoms. The molecule has 6 N–H and O–H groups in total. The standard InChI is InChI=1S/C13H19N2O14P3S/c1-33-4-2-3-8-6-15(13(18)14-12(8)17)11-5-9(16)10(27-11)7-26-31(22,23)29-32(24,25)28-30(19,20)21/h6,9-11,16H,4-5,7H2,1H3,(H,22,23)(H,24,25)(H,14,17,18)(H2,19,20,21)/t9?,10-,11-/m1/s1. The summed E-state index contributed by atoms with van der Waals surface area (Å²) in [5, 5.41) is 10.1. The molecule has 20 heteroatoms. The molecule has 0 spiro atoms. The Morgan fingerprint density at radius 1 is 1.21 bits per heavy atom. The zero-order valence-electron chi connectivity index (χ0n) is 16.5. The van der Waals surface area contributed by atoms with Crippen molar-refractivity contribution in [2.45, 2.75) is 24.9 Å². The van der Waals surface area contributed by atoms with Crippen molar-refractivity contribution in [2.24, 2.45) is 0 Å². The molecule has 2 heterocycles. The lowest BCUT2D eigenvalue weighted by Crippen LogP contribution is -2.33. The summed E-state index contributed by atoms with van der Waals surface area (Å²) in [6.45, 7) is -0.903. The number of nitrogens with zero attached hydrogens (tertiary/aromatic N) is 1. The first-order valence-electron chi connectivity index (χ1n) is 8.57. The average molecular weight is 552 g/mol. The molecule has 16 nitrogen and oxygen atoms in total. The maximum absolute atomic E-state index is 12.1. The van der Waals surface area contributed by atoms with Crippen LogP contribution in [0, 0.1) is 11.8 Å². The fourth-order valence-corrected chi connectivity index (χ4v) is 5.74. The molecular weight excluding hydrogens is 533 g/mol. The maximum Gasteiger partial charge on any atom is 0.490 e. The van der Waals surface area contributed by atoms with Gasteiger partial charge in [0, 0.05) is 12.6 Å². The molecule has 1 aliphatic heterocycles. The molecule has 5 atom stereocenters. The second-order valence-electron chi connectivity index (χ2n) is 6.26. The highest BCUT2D eigenvalue weighted by molar-refractivity contribution is 7.98. The number of phosphoric acid groups is 3. The molecule has 0 aliphatic carbocycles. The van der Waals surface area contributed by atoms with E-state index in [0.29, 0.717) is 5.75 Å². The van der Waals surface area contributed by atoms with Crippen molar-refractivity contribution in [3.05, 3.63) is 32.6 Å². The molecule has 2 rings (SSSR count). The topological polar surface area (TPSA) is 244 Å². The monoisotopic (exact) mass is 552 g/mol. The number of rotatable bonds is 9. The molecule has 1 aromatic rings. The van der Waals surface area contributed by atoms with Gasteiger partial charge in [-0.1, -0.05) is 11.8 Å². The summed E-state index contributed by atoms with van der Waals surface area (Å²) in [5.41, 5.74) is -1.65. The predicted molar refractivity (Wildman–Crippen MR) is 111 cm³/mol. The SMILES string of the molecule is CSCC#Cc1cn([C@H]2CC(O)[C@@H](COP(=O)(O)OP(=O)(O)OP(=O)(O)O)O2)c(=O)[nH]c1=O. The van der Waals surface area contributed by atoms with Gasteiger partial charge >= 0.3 is 29.2 Å². The van der Waals surface area contributed by atoms with Crippen molar-refractivity contribution in [1.29, 1.82) is 0 Å². The first-order chi connectivity index (χ1) is 15.1. The lowest BCUT2D eigenvalue weighted by molar-refractivity contribution is -0.0450. The van der Waals surface area contributed by atoms with Crippen LogP contribution in [0.2, 0.25) is 0 Å². The summed E-state index contributed by atoms with van der Waals surface area (Å²) in [5.74, 6) is 5.73. The molecule has 186 valence electrons. The van der Waals surface area contributed by atoms with Crippen molar-refractivity contribution in [1.82, 2.24) is 9.55 Å². The number of aromatic nitrogens is 2. The van der Waals surface area contributed by atoms with Crippen LogP contribution in [0.15, 0.2) is 15.8 Å². The minimum Gasteiger partial charge on any atom is -0.390 e. The van der Waals surface area contributed by atoms with Gasteiger partial charge in [0.25, 0.3) is 5.56 Å². The van der Waals surface area contributed by atoms with Crippen molar-refractivity contribution in [3.8, 4) is 11.8 Å². The number of aromatic amines is 1. The number of hydrogen-bond acceptors (Lipinski definition) is 11. The summed E-state index contributed by atoms with van der Waals surface area (Å²) in [7, 11) is -16.7. The third kappa shape index (κ3) is 8.89. The van der Waals surface area contributed by atoms with E-state index < -0.39 is 59.8 Å². The highest BCUT2D eigenvalue weighted by atomic mass is 32.2. The molecule has 0 saturated carbocycles. The number of H-pyrrole nitrogens is 1. The third-order valence-electron chi connectivity index (χ3n) is 3.74. The maximum atomic E-state index is 12.1. The number of thioether (sulfide) groups is 1. The van der Waals surface area contributed by atoms with Crippen LogP contribution in [-0.2, 0) is 31.6 Å². The first kappa shape index (κ1) is 28.2. The molecule has 1 aromatic heterocycles. The molecule has 1 saturated heterocycles. The fourth-order valence-electron chi connectivity index (χ4n) is 2.50. The van der Waals surface area contributed by atoms with Gasteiger partial charge in [-0.15, -0.1) is 0 Å². The normalized spacial score (nSPS) is 24.5. The van der Waals surface area contributed by atoms with E-state index in [9.17, 15) is 33.3 Å². The molecule has 0 aromatic carbocycles. The van der Waals surface area contributed by atoms with Gasteiger partial charge < -0.3 is 29.4 Å². The van der Waals surface area contributed by atoms with E-state index in [1.165, 1.54) is 11.8 Å². The Morgan fingerprint density at radius 2 is 1.88 bits per heavy atom. The van der Waals surface area contributed by atoms with Crippen LogP contribution in [0.5, 0.6) is 0 Å². The molecule has 33 heavy (non-hydrogen) atoms. The van der Waals surface area contributed by atoms with Gasteiger partial charge in [0.1, 0.15) is 17.9 Å². The zero-order valence-corrected chi connectivity index (χ0v) is 20.0. The second kappa shape index (κ2) is 11.1. The molecule has 3 unspecified atom stereocenters. The Balaban J connectivity index is 2.09. The summed E-state index contributed by atoms with van der Waals surface area (Å²) in [6, 6.07) is 0. The fraction of sp³-hybridized carbons (Fsp3) is 0.538. The lowest BCUT2D eigenvalue weighted by Gasteiger charge is -2.19. The first-order valence-corrected chi connectivity index (χ1v) is 14.5. The van der Waals surface area contributed by atoms with Crippen molar-refractivity contribution in [2.75, 3.05) is 18.6 Å². The van der Waals surface area contributed by atoms with E-state index in [1.54, 1.807) is 6.26 Å². The van der Waals surface area contributed by atoms with Crippen LogP contribution in [0.25, 0.3) is 0 Å². The number of nitrogens with one attached hydrogen (secondary N) is 1. The van der Waals surface area contributed by atoms with E-state index in [0.717, 1.165) is 10.8 Å². The number of phosphoric ester groups is 1. The summed E-state index contributed by atoms with van der Waals surface area (Å²) < 4.78 is 51.7. The van der Waals surface area contributed by atoms with E-state index >= 15 is 0 Å². The summed E-state index contributed by atoms with van der Waals surface area (Å²) >= 11 is 1.41. The molecule has 1 aliphatic rings. The smallest absolute Gasteiger partial charge is 0.390 e. The Hall–Kier alpha value is -1.08. The second-order valence-corrected chi connectivity index (χ2v) is 11.5. The number of hydrogen-bond donors (Lipinski definition) is 6. The van der Waals surface area contributed by atoms with Crippen molar-refractivity contribution in [3.63, 3.8) is 0 Å². The van der Waals surface area contributed by atoms with Crippen molar-refractivity contribution < 1.29 is 56.3 Å². The average Bonchev–Trinajstić information content (AvgIpc) is 2.99. The van der Waals surface area contributed by atoms with Crippen LogP contribution in [0.3, 0.4) is 0 Å². The highest BCUT2D eigenvalue weighted by Crippen LogP contribution is 2.66. The van der Waals surface area contributed by atoms with Gasteiger partial charge in [-0.2, -0.15) is 20.4 Å². The largest absolute Gasteiger partial charge is 0.490 e. The van der Waals surface area contributed by atoms with Crippen LogP contribution in [-0.4, -0.2) is 65.1 Å².